The molecule has 6 heteroatoms. The lowest BCUT2D eigenvalue weighted by atomic mass is 10.2. The van der Waals surface area contributed by atoms with Crippen LogP contribution in [0, 0.1) is 5.82 Å². The molecule has 0 aromatic heterocycles. The Kier molecular flexibility index (Phi) is 3.30. The number of fused-ring (bicyclic) bond motifs is 1. The summed E-state index contributed by atoms with van der Waals surface area (Å²) in [6.45, 7) is 0.388. The normalized spacial score (nSPS) is 14.4. The van der Waals surface area contributed by atoms with Gasteiger partial charge >= 0.3 is 0 Å². The minimum absolute atomic E-state index is 0.0325. The smallest absolute Gasteiger partial charge is 0.264 e. The summed E-state index contributed by atoms with van der Waals surface area (Å²) in [7, 11) is -3.72. The van der Waals surface area contributed by atoms with Crippen LogP contribution in [0.2, 0.25) is 0 Å². The van der Waals surface area contributed by atoms with E-state index in [1.165, 1.54) is 16.4 Å². The molecule has 0 bridgehead atoms. The van der Waals surface area contributed by atoms with Crippen molar-refractivity contribution in [2.45, 2.75) is 11.3 Å². The molecule has 0 fully saturated rings. The van der Waals surface area contributed by atoms with Gasteiger partial charge in [-0.3, -0.25) is 4.31 Å². The van der Waals surface area contributed by atoms with Crippen molar-refractivity contribution in [1.29, 1.82) is 0 Å². The number of benzene rings is 2. The highest BCUT2D eigenvalue weighted by molar-refractivity contribution is 9.10. The second-order valence-electron chi connectivity index (χ2n) is 4.53. The predicted molar refractivity (Wildman–Crippen MR) is 78.8 cm³/mol. The molecule has 104 valence electrons. The third kappa shape index (κ3) is 2.13. The third-order valence-corrected chi connectivity index (χ3v) is 5.78. The minimum atomic E-state index is -3.72. The highest BCUT2D eigenvalue weighted by atomic mass is 79.9. The van der Waals surface area contributed by atoms with E-state index in [2.05, 4.69) is 15.9 Å². The molecule has 0 saturated heterocycles. The first kappa shape index (κ1) is 13.6. The number of sulfonamides is 1. The van der Waals surface area contributed by atoms with Crippen molar-refractivity contribution < 1.29 is 12.8 Å². The Balaban J connectivity index is 2.07. The van der Waals surface area contributed by atoms with Crippen molar-refractivity contribution >= 4 is 31.6 Å². The van der Waals surface area contributed by atoms with Crippen LogP contribution < -0.4 is 4.31 Å². The second kappa shape index (κ2) is 4.86. The fourth-order valence-electron chi connectivity index (χ4n) is 2.32. The zero-order chi connectivity index (χ0) is 14.3. The molecule has 3 nitrogen and oxygen atoms in total. The Morgan fingerprint density at radius 1 is 1.15 bits per heavy atom. The first-order valence-electron chi connectivity index (χ1n) is 6.06. The van der Waals surface area contributed by atoms with Gasteiger partial charge in [0, 0.05) is 6.54 Å². The van der Waals surface area contributed by atoms with Gasteiger partial charge in [-0.05, 0) is 52.2 Å². The standard InChI is InChI=1S/C14H11BrFNO2S/c15-12-6-5-11(9-13(12)16)20(18,19)17-8-7-10-3-1-2-4-14(10)17/h1-6,9H,7-8H2. The summed E-state index contributed by atoms with van der Waals surface area (Å²) >= 11 is 3.02. The van der Waals surface area contributed by atoms with Crippen molar-refractivity contribution in [2.24, 2.45) is 0 Å². The zero-order valence-corrected chi connectivity index (χ0v) is 12.8. The van der Waals surface area contributed by atoms with Crippen molar-refractivity contribution in [3.05, 3.63) is 58.3 Å². The zero-order valence-electron chi connectivity index (χ0n) is 10.4. The van der Waals surface area contributed by atoms with Crippen LogP contribution in [-0.4, -0.2) is 15.0 Å². The van der Waals surface area contributed by atoms with Crippen molar-refractivity contribution in [3.8, 4) is 0 Å². The molecule has 0 unspecified atom stereocenters. The van der Waals surface area contributed by atoms with E-state index in [1.807, 2.05) is 12.1 Å². The molecule has 0 N–H and O–H groups in total. The molecule has 3 rings (SSSR count). The Bertz CT molecular complexity index is 776. The summed E-state index contributed by atoms with van der Waals surface area (Å²) in [6.07, 6.45) is 0.675. The molecule has 0 atom stereocenters. The van der Waals surface area contributed by atoms with Gasteiger partial charge < -0.3 is 0 Å². The van der Waals surface area contributed by atoms with Gasteiger partial charge in [0.25, 0.3) is 10.0 Å². The molecule has 2 aromatic rings. The van der Waals surface area contributed by atoms with Crippen LogP contribution in [0.4, 0.5) is 10.1 Å². The van der Waals surface area contributed by atoms with Gasteiger partial charge in [-0.1, -0.05) is 18.2 Å². The lowest BCUT2D eigenvalue weighted by molar-refractivity contribution is 0.586. The van der Waals surface area contributed by atoms with Gasteiger partial charge in [0.2, 0.25) is 0 Å². The molecule has 2 aromatic carbocycles. The third-order valence-electron chi connectivity index (χ3n) is 3.32. The van der Waals surface area contributed by atoms with Crippen LogP contribution in [0.1, 0.15) is 5.56 Å². The number of hydrogen-bond acceptors (Lipinski definition) is 2. The quantitative estimate of drug-likeness (QED) is 0.828. The SMILES string of the molecule is O=S(=O)(c1ccc(Br)c(F)c1)N1CCc2ccccc21. The van der Waals surface area contributed by atoms with Gasteiger partial charge in [0.1, 0.15) is 5.82 Å². The average molecular weight is 356 g/mol. The molecule has 0 spiro atoms. The molecule has 0 aliphatic carbocycles. The van der Waals surface area contributed by atoms with Crippen LogP contribution >= 0.6 is 15.9 Å². The monoisotopic (exact) mass is 355 g/mol. The molecular weight excluding hydrogens is 345 g/mol. The van der Waals surface area contributed by atoms with E-state index in [1.54, 1.807) is 12.1 Å². The van der Waals surface area contributed by atoms with E-state index in [9.17, 15) is 12.8 Å². The Morgan fingerprint density at radius 3 is 2.65 bits per heavy atom. The van der Waals surface area contributed by atoms with Crippen LogP contribution in [-0.2, 0) is 16.4 Å². The summed E-state index contributed by atoms with van der Waals surface area (Å²) < 4.78 is 40.4. The van der Waals surface area contributed by atoms with Crippen molar-refractivity contribution in [2.75, 3.05) is 10.8 Å². The maximum atomic E-state index is 13.6. The number of rotatable bonds is 2. The summed E-state index contributed by atoms with van der Waals surface area (Å²) in [5.41, 5.74) is 1.67. The van der Waals surface area contributed by atoms with E-state index in [0.717, 1.165) is 11.6 Å². The number of para-hydroxylation sites is 1. The number of nitrogens with zero attached hydrogens (tertiary/aromatic N) is 1. The maximum Gasteiger partial charge on any atom is 0.264 e. The fourth-order valence-corrected chi connectivity index (χ4v) is 4.08. The summed E-state index contributed by atoms with van der Waals surface area (Å²) in [4.78, 5) is -0.0325. The molecule has 1 aliphatic rings. The van der Waals surface area contributed by atoms with E-state index < -0.39 is 15.8 Å². The lowest BCUT2D eigenvalue weighted by Crippen LogP contribution is -2.29. The van der Waals surface area contributed by atoms with Crippen LogP contribution in [0.15, 0.2) is 51.8 Å². The number of hydrogen-bond donors (Lipinski definition) is 0. The molecule has 20 heavy (non-hydrogen) atoms. The largest absolute Gasteiger partial charge is 0.266 e. The molecular formula is C14H11BrFNO2S. The highest BCUT2D eigenvalue weighted by Crippen LogP contribution is 2.33. The topological polar surface area (TPSA) is 37.4 Å². The fraction of sp³-hybridized carbons (Fsp3) is 0.143. The van der Waals surface area contributed by atoms with Crippen molar-refractivity contribution in [3.63, 3.8) is 0 Å². The van der Waals surface area contributed by atoms with E-state index >= 15 is 0 Å². The van der Waals surface area contributed by atoms with E-state index in [-0.39, 0.29) is 9.37 Å². The summed E-state index contributed by atoms with van der Waals surface area (Å²) in [5, 5.41) is 0. The van der Waals surface area contributed by atoms with E-state index in [0.29, 0.717) is 18.7 Å². The van der Waals surface area contributed by atoms with Crippen LogP contribution in [0.25, 0.3) is 0 Å². The predicted octanol–water partition coefficient (Wildman–Crippen LogP) is 3.34. The Labute approximate surface area is 125 Å². The number of anilines is 1. The summed E-state index contributed by atoms with van der Waals surface area (Å²) in [6, 6.07) is 11.2. The molecule has 1 heterocycles. The maximum absolute atomic E-state index is 13.6. The lowest BCUT2D eigenvalue weighted by Gasteiger charge is -2.19. The van der Waals surface area contributed by atoms with Crippen LogP contribution in [0.5, 0.6) is 0 Å². The van der Waals surface area contributed by atoms with Gasteiger partial charge in [-0.15, -0.1) is 0 Å². The van der Waals surface area contributed by atoms with Crippen LogP contribution in [0.3, 0.4) is 0 Å². The second-order valence-corrected chi connectivity index (χ2v) is 7.25. The summed E-state index contributed by atoms with van der Waals surface area (Å²) in [5.74, 6) is -0.585. The van der Waals surface area contributed by atoms with E-state index in [4.69, 9.17) is 0 Å². The van der Waals surface area contributed by atoms with Gasteiger partial charge in [-0.25, -0.2) is 12.8 Å². The average Bonchev–Trinajstić information content (AvgIpc) is 2.86. The molecule has 1 aliphatic heterocycles. The Hall–Kier alpha value is -1.40. The first-order valence-corrected chi connectivity index (χ1v) is 8.29. The first-order chi connectivity index (χ1) is 9.50. The number of halogens is 2. The van der Waals surface area contributed by atoms with Crippen molar-refractivity contribution in [1.82, 2.24) is 0 Å². The van der Waals surface area contributed by atoms with Gasteiger partial charge in [0.15, 0.2) is 0 Å². The van der Waals surface area contributed by atoms with Gasteiger partial charge in [0.05, 0.1) is 15.1 Å². The molecule has 0 saturated carbocycles. The highest BCUT2D eigenvalue weighted by Gasteiger charge is 2.30. The Morgan fingerprint density at radius 2 is 1.90 bits per heavy atom. The molecule has 0 radical (unpaired) electrons. The molecule has 0 amide bonds. The van der Waals surface area contributed by atoms with Gasteiger partial charge in [-0.2, -0.15) is 0 Å². The minimum Gasteiger partial charge on any atom is -0.266 e.